The number of pyridine rings is 2. The first-order valence-electron chi connectivity index (χ1n) is 10.1. The number of hydrogen-bond donors (Lipinski definition) is 3. The van der Waals surface area contributed by atoms with Crippen LogP contribution in [0.1, 0.15) is 46.3 Å². The second-order valence-electron chi connectivity index (χ2n) is 7.43. The zero-order valence-electron chi connectivity index (χ0n) is 17.4. The van der Waals surface area contributed by atoms with Gasteiger partial charge in [0.2, 0.25) is 0 Å². The predicted molar refractivity (Wildman–Crippen MR) is 119 cm³/mol. The van der Waals surface area contributed by atoms with Gasteiger partial charge in [0.15, 0.2) is 0 Å². The molecule has 158 valence electrons. The van der Waals surface area contributed by atoms with Crippen LogP contribution in [0, 0.1) is 13.8 Å². The number of para-hydroxylation sites is 1. The lowest BCUT2D eigenvalue weighted by Crippen LogP contribution is -2.27. The number of aromatic nitrogens is 3. The van der Waals surface area contributed by atoms with Crippen LogP contribution in [0.15, 0.2) is 77.6 Å². The van der Waals surface area contributed by atoms with Crippen molar-refractivity contribution in [2.24, 2.45) is 0 Å². The summed E-state index contributed by atoms with van der Waals surface area (Å²) in [5, 5.41) is 19.2. The summed E-state index contributed by atoms with van der Waals surface area (Å²) in [6.07, 6.45) is 2.49. The van der Waals surface area contributed by atoms with Gasteiger partial charge in [-0.3, -0.25) is 4.98 Å². The molecule has 0 radical (unpaired) electrons. The fraction of sp³-hybridized carbons (Fsp3) is 0.208. The fourth-order valence-corrected chi connectivity index (χ4v) is 3.94. The highest BCUT2D eigenvalue weighted by molar-refractivity contribution is 5.53. The van der Waals surface area contributed by atoms with Crippen LogP contribution in [0.25, 0.3) is 0 Å². The molecule has 0 amide bonds. The van der Waals surface area contributed by atoms with Crippen molar-refractivity contribution in [2.75, 3.05) is 11.1 Å². The third kappa shape index (κ3) is 4.27. The molecule has 4 N–H and O–H groups in total. The maximum Gasteiger partial charge on any atom is 0.139 e. The fourth-order valence-electron chi connectivity index (χ4n) is 3.94. The summed E-state index contributed by atoms with van der Waals surface area (Å²) < 4.78 is 5.34. The summed E-state index contributed by atoms with van der Waals surface area (Å²) in [6, 6.07) is 18.5. The molecule has 3 atom stereocenters. The van der Waals surface area contributed by atoms with Gasteiger partial charge in [-0.1, -0.05) is 35.5 Å². The summed E-state index contributed by atoms with van der Waals surface area (Å²) in [4.78, 5) is 9.00. The van der Waals surface area contributed by atoms with Crippen LogP contribution >= 0.6 is 0 Å². The number of nitrogens with zero attached hydrogens (tertiary/aromatic N) is 3. The molecular formula is C24H25N5O2. The third-order valence-electron chi connectivity index (χ3n) is 5.41. The van der Waals surface area contributed by atoms with Crippen molar-refractivity contribution in [3.63, 3.8) is 0 Å². The van der Waals surface area contributed by atoms with Crippen LogP contribution in [-0.4, -0.2) is 20.2 Å². The molecule has 4 rings (SSSR count). The van der Waals surface area contributed by atoms with Crippen LogP contribution < -0.4 is 11.1 Å². The van der Waals surface area contributed by atoms with E-state index in [2.05, 4.69) is 20.4 Å². The van der Waals surface area contributed by atoms with Crippen LogP contribution in [-0.2, 0) is 0 Å². The molecule has 0 aliphatic carbocycles. The summed E-state index contributed by atoms with van der Waals surface area (Å²) in [6.45, 7) is 3.62. The minimum atomic E-state index is -0.943. The normalized spacial score (nSPS) is 14.0. The molecule has 0 bridgehead atoms. The Hall–Kier alpha value is -3.71. The quantitative estimate of drug-likeness (QED) is 0.385. The Morgan fingerprint density at radius 2 is 1.65 bits per heavy atom. The van der Waals surface area contributed by atoms with Gasteiger partial charge in [0.1, 0.15) is 11.6 Å². The number of nitrogens with two attached hydrogens (primary N) is 1. The first kappa shape index (κ1) is 20.6. The Balaban J connectivity index is 1.88. The van der Waals surface area contributed by atoms with Gasteiger partial charge in [0.05, 0.1) is 23.8 Å². The number of hydrogen-bond acceptors (Lipinski definition) is 7. The second-order valence-corrected chi connectivity index (χ2v) is 7.43. The van der Waals surface area contributed by atoms with E-state index < -0.39 is 18.1 Å². The lowest BCUT2D eigenvalue weighted by molar-refractivity contribution is 0.131. The van der Waals surface area contributed by atoms with E-state index >= 15 is 0 Å². The largest absolute Gasteiger partial charge is 0.398 e. The molecule has 0 saturated carbocycles. The van der Waals surface area contributed by atoms with Gasteiger partial charge in [0.25, 0.3) is 0 Å². The number of aryl methyl sites for hydroxylation is 2. The Morgan fingerprint density at radius 3 is 2.26 bits per heavy atom. The van der Waals surface area contributed by atoms with Gasteiger partial charge in [-0.15, -0.1) is 0 Å². The van der Waals surface area contributed by atoms with E-state index in [1.165, 1.54) is 0 Å². The maximum absolute atomic E-state index is 11.6. The Bertz CT molecular complexity index is 1110. The molecule has 4 aromatic rings. The molecule has 3 heterocycles. The average molecular weight is 415 g/mol. The van der Waals surface area contributed by atoms with Gasteiger partial charge in [-0.25, -0.2) is 4.98 Å². The van der Waals surface area contributed by atoms with Crippen molar-refractivity contribution in [1.29, 1.82) is 0 Å². The standard InChI is InChI=1S/C24H25N5O2/c1-15-21(16(2)31-29-15)24(30)22(19-11-5-7-13-26-19)23(17-9-3-4-10-18(17)25)28-20-12-6-8-14-27-20/h3-14,22-24,30H,25H2,1-2H3,(H,27,28)/t22-,23+,24+/m0/s1. The molecule has 7 nitrogen and oxygen atoms in total. The van der Waals surface area contributed by atoms with Crippen molar-refractivity contribution in [1.82, 2.24) is 15.1 Å². The topological polar surface area (TPSA) is 110 Å². The number of nitrogen functional groups attached to an aromatic ring is 1. The summed E-state index contributed by atoms with van der Waals surface area (Å²) in [5.74, 6) is 0.746. The molecule has 0 unspecified atom stereocenters. The van der Waals surface area contributed by atoms with Gasteiger partial charge < -0.3 is 20.7 Å². The SMILES string of the molecule is Cc1noc(C)c1[C@@H](O)[C@@H](c1ccccn1)[C@H](Nc1ccccn1)c1ccccc1N. The van der Waals surface area contributed by atoms with E-state index in [1.807, 2.05) is 67.6 Å². The van der Waals surface area contributed by atoms with Crippen LogP contribution in [0.4, 0.5) is 11.5 Å². The molecule has 0 aliphatic rings. The monoisotopic (exact) mass is 415 g/mol. The number of anilines is 2. The molecule has 3 aromatic heterocycles. The van der Waals surface area contributed by atoms with Gasteiger partial charge in [0, 0.05) is 29.3 Å². The first-order chi connectivity index (χ1) is 15.1. The van der Waals surface area contributed by atoms with Gasteiger partial charge in [-0.05, 0) is 49.7 Å². The third-order valence-corrected chi connectivity index (χ3v) is 5.41. The molecule has 1 aromatic carbocycles. The highest BCUT2D eigenvalue weighted by Gasteiger charge is 2.37. The highest BCUT2D eigenvalue weighted by Crippen LogP contribution is 2.44. The Labute approximate surface area is 181 Å². The number of benzene rings is 1. The van der Waals surface area contributed by atoms with Crippen molar-refractivity contribution < 1.29 is 9.63 Å². The molecule has 0 fully saturated rings. The highest BCUT2D eigenvalue weighted by atomic mass is 16.5. The van der Waals surface area contributed by atoms with Crippen LogP contribution in [0.5, 0.6) is 0 Å². The first-order valence-corrected chi connectivity index (χ1v) is 10.1. The minimum Gasteiger partial charge on any atom is -0.398 e. The number of rotatable bonds is 7. The van der Waals surface area contributed by atoms with E-state index in [0.29, 0.717) is 34.2 Å². The number of aliphatic hydroxyl groups is 1. The van der Waals surface area contributed by atoms with Gasteiger partial charge >= 0.3 is 0 Å². The maximum atomic E-state index is 11.6. The van der Waals surface area contributed by atoms with Crippen molar-refractivity contribution in [3.05, 3.63) is 101 Å². The minimum absolute atomic E-state index is 0.422. The van der Waals surface area contributed by atoms with E-state index in [4.69, 9.17) is 10.3 Å². The lowest BCUT2D eigenvalue weighted by Gasteiger charge is -2.33. The van der Waals surface area contributed by atoms with E-state index in [9.17, 15) is 5.11 Å². The molecule has 0 spiro atoms. The zero-order chi connectivity index (χ0) is 21.8. The number of aliphatic hydroxyl groups excluding tert-OH is 1. The van der Waals surface area contributed by atoms with Crippen molar-refractivity contribution in [3.8, 4) is 0 Å². The van der Waals surface area contributed by atoms with Gasteiger partial charge in [-0.2, -0.15) is 0 Å². The number of nitrogens with one attached hydrogen (secondary N) is 1. The predicted octanol–water partition coefficient (Wildman–Crippen LogP) is 4.33. The zero-order valence-corrected chi connectivity index (χ0v) is 17.4. The Morgan fingerprint density at radius 1 is 0.935 bits per heavy atom. The average Bonchev–Trinajstić information content (AvgIpc) is 3.13. The van der Waals surface area contributed by atoms with Crippen molar-refractivity contribution >= 4 is 11.5 Å². The second kappa shape index (κ2) is 8.97. The van der Waals surface area contributed by atoms with E-state index in [-0.39, 0.29) is 0 Å². The molecular weight excluding hydrogens is 390 g/mol. The van der Waals surface area contributed by atoms with E-state index in [0.717, 1.165) is 5.56 Å². The Kier molecular flexibility index (Phi) is 5.95. The molecule has 0 aliphatic heterocycles. The molecule has 0 saturated heterocycles. The molecule has 7 heteroatoms. The van der Waals surface area contributed by atoms with Crippen LogP contribution in [0.3, 0.4) is 0 Å². The summed E-state index contributed by atoms with van der Waals surface area (Å²) >= 11 is 0. The summed E-state index contributed by atoms with van der Waals surface area (Å²) in [5.41, 5.74) is 9.84. The lowest BCUT2D eigenvalue weighted by atomic mass is 9.81. The summed E-state index contributed by atoms with van der Waals surface area (Å²) in [7, 11) is 0. The molecule has 31 heavy (non-hydrogen) atoms. The van der Waals surface area contributed by atoms with Crippen molar-refractivity contribution in [2.45, 2.75) is 31.9 Å². The van der Waals surface area contributed by atoms with Crippen LogP contribution in [0.2, 0.25) is 0 Å². The smallest absolute Gasteiger partial charge is 0.139 e. The van der Waals surface area contributed by atoms with E-state index in [1.54, 1.807) is 19.3 Å².